The molecule has 1 aromatic rings. The molecule has 0 bridgehead atoms. The zero-order valence-corrected chi connectivity index (χ0v) is 10.4. The van der Waals surface area contributed by atoms with Gasteiger partial charge in [0.1, 0.15) is 0 Å². The summed E-state index contributed by atoms with van der Waals surface area (Å²) in [6, 6.07) is 0.537. The fraction of sp³-hybridized carbons (Fsp3) is 0.556. The number of hydrogen-bond acceptors (Lipinski definition) is 4. The van der Waals surface area contributed by atoms with Gasteiger partial charge in [-0.05, 0) is 22.9 Å². The Morgan fingerprint density at radius 2 is 2.21 bits per heavy atom. The van der Waals surface area contributed by atoms with Crippen LogP contribution in [0.3, 0.4) is 0 Å². The Balaban J connectivity index is 2.16. The summed E-state index contributed by atoms with van der Waals surface area (Å²) in [5, 5.41) is 0. The molecule has 0 saturated carbocycles. The third-order valence-corrected chi connectivity index (χ3v) is 3.83. The lowest BCUT2D eigenvalue weighted by Gasteiger charge is -2.32. The zero-order chi connectivity index (χ0) is 9.97. The van der Waals surface area contributed by atoms with Gasteiger partial charge < -0.3 is 4.90 Å². The number of nitrogens with zero attached hydrogens (tertiary/aromatic N) is 3. The molecule has 5 heteroatoms. The second-order valence-corrected chi connectivity index (χ2v) is 5.38. The molecule has 0 aliphatic carbocycles. The van der Waals surface area contributed by atoms with Gasteiger partial charge >= 0.3 is 0 Å². The summed E-state index contributed by atoms with van der Waals surface area (Å²) >= 11 is 5.34. The van der Waals surface area contributed by atoms with Gasteiger partial charge in [0.25, 0.3) is 0 Å². The van der Waals surface area contributed by atoms with Crippen LogP contribution in [0.4, 0.5) is 5.95 Å². The highest BCUT2D eigenvalue weighted by Crippen LogP contribution is 2.20. The maximum Gasteiger partial charge on any atom is 0.225 e. The van der Waals surface area contributed by atoms with Gasteiger partial charge in [-0.2, -0.15) is 11.8 Å². The highest BCUT2D eigenvalue weighted by Gasteiger charge is 2.20. The van der Waals surface area contributed by atoms with Crippen LogP contribution in [0.15, 0.2) is 16.9 Å². The second-order valence-electron chi connectivity index (χ2n) is 3.32. The summed E-state index contributed by atoms with van der Waals surface area (Å²) in [5.74, 6) is 3.18. The average Bonchev–Trinajstić information content (AvgIpc) is 2.20. The molecule has 3 nitrogen and oxygen atoms in total. The molecule has 1 aromatic heterocycles. The highest BCUT2D eigenvalue weighted by atomic mass is 79.9. The Kier molecular flexibility index (Phi) is 3.28. The Hall–Kier alpha value is -0.290. The number of anilines is 1. The van der Waals surface area contributed by atoms with Crippen molar-refractivity contribution in [3.8, 4) is 0 Å². The van der Waals surface area contributed by atoms with E-state index in [0.29, 0.717) is 6.04 Å². The number of thioether (sulfide) groups is 1. The fourth-order valence-electron chi connectivity index (χ4n) is 1.48. The molecular formula is C9H12BrN3S. The van der Waals surface area contributed by atoms with Crippen molar-refractivity contribution in [3.05, 3.63) is 16.9 Å². The van der Waals surface area contributed by atoms with E-state index < -0.39 is 0 Å². The summed E-state index contributed by atoms with van der Waals surface area (Å²) in [6.07, 6.45) is 3.60. The van der Waals surface area contributed by atoms with Crippen molar-refractivity contribution in [3.63, 3.8) is 0 Å². The van der Waals surface area contributed by atoms with Crippen LogP contribution in [-0.4, -0.2) is 34.1 Å². The molecule has 1 aliphatic heterocycles. The summed E-state index contributed by atoms with van der Waals surface area (Å²) in [4.78, 5) is 10.9. The van der Waals surface area contributed by atoms with Crippen LogP contribution < -0.4 is 4.90 Å². The van der Waals surface area contributed by atoms with Crippen molar-refractivity contribution in [1.29, 1.82) is 0 Å². The van der Waals surface area contributed by atoms with Gasteiger partial charge in [-0.1, -0.05) is 0 Å². The van der Waals surface area contributed by atoms with E-state index in [-0.39, 0.29) is 0 Å². The van der Waals surface area contributed by atoms with Crippen molar-refractivity contribution in [2.24, 2.45) is 0 Å². The van der Waals surface area contributed by atoms with E-state index in [1.54, 1.807) is 12.4 Å². The maximum absolute atomic E-state index is 4.31. The van der Waals surface area contributed by atoms with Gasteiger partial charge in [-0.15, -0.1) is 0 Å². The highest BCUT2D eigenvalue weighted by molar-refractivity contribution is 9.10. The SMILES string of the molecule is C[C@@H]1CSCCN1c1ncc(Br)cn1. The molecule has 1 fully saturated rings. The molecule has 1 saturated heterocycles. The van der Waals surface area contributed by atoms with Gasteiger partial charge in [0.15, 0.2) is 0 Å². The second kappa shape index (κ2) is 4.49. The van der Waals surface area contributed by atoms with E-state index in [0.717, 1.165) is 17.0 Å². The first-order valence-electron chi connectivity index (χ1n) is 4.59. The summed E-state index contributed by atoms with van der Waals surface area (Å²) in [6.45, 7) is 3.27. The molecular weight excluding hydrogens is 262 g/mol. The van der Waals surface area contributed by atoms with Crippen LogP contribution in [0, 0.1) is 0 Å². The van der Waals surface area contributed by atoms with E-state index in [1.807, 2.05) is 11.8 Å². The van der Waals surface area contributed by atoms with E-state index in [2.05, 4.69) is 37.7 Å². The number of rotatable bonds is 1. The van der Waals surface area contributed by atoms with Crippen molar-refractivity contribution < 1.29 is 0 Å². The first-order valence-corrected chi connectivity index (χ1v) is 6.54. The minimum Gasteiger partial charge on any atom is -0.336 e. The lowest BCUT2D eigenvalue weighted by molar-refractivity contribution is 0.677. The van der Waals surface area contributed by atoms with Crippen molar-refractivity contribution in [2.45, 2.75) is 13.0 Å². The maximum atomic E-state index is 4.31. The van der Waals surface area contributed by atoms with E-state index in [1.165, 1.54) is 11.5 Å². The van der Waals surface area contributed by atoms with Crippen LogP contribution in [0.1, 0.15) is 6.92 Å². The largest absolute Gasteiger partial charge is 0.336 e. The zero-order valence-electron chi connectivity index (χ0n) is 7.98. The normalized spacial score (nSPS) is 22.4. The number of hydrogen-bond donors (Lipinski definition) is 0. The van der Waals surface area contributed by atoms with E-state index in [4.69, 9.17) is 0 Å². The molecule has 2 rings (SSSR count). The molecule has 2 heterocycles. The molecule has 76 valence electrons. The van der Waals surface area contributed by atoms with Gasteiger partial charge in [-0.25, -0.2) is 9.97 Å². The molecule has 0 unspecified atom stereocenters. The minimum absolute atomic E-state index is 0.537. The third-order valence-electron chi connectivity index (χ3n) is 2.23. The number of aromatic nitrogens is 2. The fourth-order valence-corrected chi connectivity index (χ4v) is 2.70. The molecule has 1 aliphatic rings. The quantitative estimate of drug-likeness (QED) is 0.785. The summed E-state index contributed by atoms with van der Waals surface area (Å²) in [5.41, 5.74) is 0. The molecule has 1 atom stereocenters. The van der Waals surface area contributed by atoms with Crippen molar-refractivity contribution >= 4 is 33.6 Å². The Morgan fingerprint density at radius 1 is 1.50 bits per heavy atom. The Bertz CT molecular complexity index is 303. The minimum atomic E-state index is 0.537. The van der Waals surface area contributed by atoms with Gasteiger partial charge in [0.2, 0.25) is 5.95 Å². The lowest BCUT2D eigenvalue weighted by Crippen LogP contribution is -2.41. The lowest BCUT2D eigenvalue weighted by atomic mass is 10.3. The van der Waals surface area contributed by atoms with Crippen LogP contribution in [0.5, 0.6) is 0 Å². The Labute approximate surface area is 96.4 Å². The summed E-state index contributed by atoms with van der Waals surface area (Å²) < 4.78 is 0.931. The predicted octanol–water partition coefficient (Wildman–Crippen LogP) is 2.18. The van der Waals surface area contributed by atoms with Crippen LogP contribution in [0.25, 0.3) is 0 Å². The van der Waals surface area contributed by atoms with Crippen LogP contribution >= 0.6 is 27.7 Å². The number of halogens is 1. The third kappa shape index (κ3) is 2.20. The van der Waals surface area contributed by atoms with E-state index in [9.17, 15) is 0 Å². The van der Waals surface area contributed by atoms with Gasteiger partial charge in [0, 0.05) is 36.5 Å². The predicted molar refractivity (Wildman–Crippen MR) is 63.9 cm³/mol. The monoisotopic (exact) mass is 273 g/mol. The summed E-state index contributed by atoms with van der Waals surface area (Å²) in [7, 11) is 0. The standard InChI is InChI=1S/C9H12BrN3S/c1-7-6-14-3-2-13(7)9-11-4-8(10)5-12-9/h4-5,7H,2-3,6H2,1H3/t7-/m1/s1. The average molecular weight is 274 g/mol. The van der Waals surface area contributed by atoms with Crippen molar-refractivity contribution in [2.75, 3.05) is 23.0 Å². The van der Waals surface area contributed by atoms with Crippen LogP contribution in [-0.2, 0) is 0 Å². The molecule has 0 radical (unpaired) electrons. The topological polar surface area (TPSA) is 29.0 Å². The molecule has 0 aromatic carbocycles. The molecule has 0 spiro atoms. The molecule has 0 amide bonds. The Morgan fingerprint density at radius 3 is 2.86 bits per heavy atom. The first kappa shape index (κ1) is 10.2. The van der Waals surface area contributed by atoms with Gasteiger partial charge in [-0.3, -0.25) is 0 Å². The first-order chi connectivity index (χ1) is 6.77. The smallest absolute Gasteiger partial charge is 0.225 e. The molecule has 0 N–H and O–H groups in total. The van der Waals surface area contributed by atoms with Gasteiger partial charge in [0.05, 0.1) is 4.47 Å². The van der Waals surface area contributed by atoms with Crippen molar-refractivity contribution in [1.82, 2.24) is 9.97 Å². The van der Waals surface area contributed by atoms with Crippen LogP contribution in [0.2, 0.25) is 0 Å². The molecule has 14 heavy (non-hydrogen) atoms. The van der Waals surface area contributed by atoms with E-state index >= 15 is 0 Å².